The standard InChI is InChI=1S/C10H8ClNO3S2/c11-7-3-1-4-8(10(7)13)12-17(14,15)9-5-2-6-16-9/h1-6,12-13H. The van der Waals surface area contributed by atoms with E-state index in [4.69, 9.17) is 11.6 Å². The molecule has 1 aromatic heterocycles. The van der Waals surface area contributed by atoms with Crippen LogP contribution in [0.25, 0.3) is 0 Å². The Morgan fingerprint density at radius 1 is 1.24 bits per heavy atom. The van der Waals surface area contributed by atoms with Crippen LogP contribution in [-0.4, -0.2) is 13.5 Å². The van der Waals surface area contributed by atoms with Crippen molar-refractivity contribution in [1.82, 2.24) is 0 Å². The first kappa shape index (κ1) is 12.2. The SMILES string of the molecule is O=S(=O)(Nc1cccc(Cl)c1O)c1cccs1. The first-order chi connectivity index (χ1) is 8.00. The quantitative estimate of drug-likeness (QED) is 0.854. The van der Waals surface area contributed by atoms with Crippen LogP contribution in [-0.2, 0) is 10.0 Å². The van der Waals surface area contributed by atoms with Gasteiger partial charge in [0.05, 0.1) is 10.7 Å². The fourth-order valence-corrected chi connectivity index (χ4v) is 3.44. The smallest absolute Gasteiger partial charge is 0.271 e. The fourth-order valence-electron chi connectivity index (χ4n) is 1.21. The Morgan fingerprint density at radius 3 is 2.65 bits per heavy atom. The van der Waals surface area contributed by atoms with Crippen LogP contribution >= 0.6 is 22.9 Å². The van der Waals surface area contributed by atoms with Crippen molar-refractivity contribution in [3.63, 3.8) is 0 Å². The molecule has 0 saturated carbocycles. The van der Waals surface area contributed by atoms with Crippen LogP contribution in [0.2, 0.25) is 5.02 Å². The lowest BCUT2D eigenvalue weighted by Gasteiger charge is -2.08. The number of aromatic hydroxyl groups is 1. The molecule has 2 aromatic rings. The molecule has 0 spiro atoms. The molecule has 0 aliphatic rings. The second-order valence-corrected chi connectivity index (χ2v) is 6.44. The summed E-state index contributed by atoms with van der Waals surface area (Å²) in [6.45, 7) is 0. The lowest BCUT2D eigenvalue weighted by atomic mass is 10.3. The summed E-state index contributed by atoms with van der Waals surface area (Å²) in [5, 5.41) is 11.4. The van der Waals surface area contributed by atoms with Crippen LogP contribution in [0.3, 0.4) is 0 Å². The van der Waals surface area contributed by atoms with Gasteiger partial charge in [0.1, 0.15) is 4.21 Å². The van der Waals surface area contributed by atoms with E-state index in [9.17, 15) is 13.5 Å². The zero-order valence-electron chi connectivity index (χ0n) is 8.42. The number of sulfonamides is 1. The van der Waals surface area contributed by atoms with Crippen LogP contribution in [0.15, 0.2) is 39.9 Å². The van der Waals surface area contributed by atoms with Crippen molar-refractivity contribution < 1.29 is 13.5 Å². The third-order valence-electron chi connectivity index (χ3n) is 1.99. The van der Waals surface area contributed by atoms with Gasteiger partial charge < -0.3 is 5.11 Å². The van der Waals surface area contributed by atoms with Crippen LogP contribution < -0.4 is 4.72 Å². The van der Waals surface area contributed by atoms with E-state index >= 15 is 0 Å². The largest absolute Gasteiger partial charge is 0.504 e. The van der Waals surface area contributed by atoms with Crippen LogP contribution in [0.5, 0.6) is 5.75 Å². The molecule has 0 fully saturated rings. The Labute approximate surface area is 108 Å². The molecule has 2 rings (SSSR count). The van der Waals surface area contributed by atoms with Gasteiger partial charge in [0.25, 0.3) is 10.0 Å². The maximum absolute atomic E-state index is 11.9. The molecule has 17 heavy (non-hydrogen) atoms. The first-order valence-electron chi connectivity index (χ1n) is 4.54. The molecule has 0 amide bonds. The Morgan fingerprint density at radius 2 is 2.00 bits per heavy atom. The molecule has 0 radical (unpaired) electrons. The second kappa shape index (κ2) is 4.56. The number of hydrogen-bond donors (Lipinski definition) is 2. The average molecular weight is 290 g/mol. The summed E-state index contributed by atoms with van der Waals surface area (Å²) in [6.07, 6.45) is 0. The summed E-state index contributed by atoms with van der Waals surface area (Å²) in [5.74, 6) is -0.283. The van der Waals surface area contributed by atoms with E-state index in [2.05, 4.69) is 4.72 Å². The molecular weight excluding hydrogens is 282 g/mol. The molecule has 7 heteroatoms. The highest BCUT2D eigenvalue weighted by Crippen LogP contribution is 2.33. The third-order valence-corrected chi connectivity index (χ3v) is 5.06. The molecule has 0 saturated heterocycles. The number of phenolic OH excluding ortho intramolecular Hbond substituents is 1. The van der Waals surface area contributed by atoms with Gasteiger partial charge in [-0.1, -0.05) is 23.7 Å². The van der Waals surface area contributed by atoms with Crippen molar-refractivity contribution in [3.8, 4) is 5.75 Å². The first-order valence-corrected chi connectivity index (χ1v) is 7.28. The number of anilines is 1. The van der Waals surface area contributed by atoms with Crippen molar-refractivity contribution in [1.29, 1.82) is 0 Å². The van der Waals surface area contributed by atoms with Crippen molar-refractivity contribution in [2.45, 2.75) is 4.21 Å². The average Bonchev–Trinajstić information content (AvgIpc) is 2.78. The molecule has 0 unspecified atom stereocenters. The summed E-state index contributed by atoms with van der Waals surface area (Å²) in [7, 11) is -3.66. The van der Waals surface area contributed by atoms with Crippen molar-refractivity contribution in [2.75, 3.05) is 4.72 Å². The van der Waals surface area contributed by atoms with Gasteiger partial charge in [-0.05, 0) is 23.6 Å². The highest BCUT2D eigenvalue weighted by molar-refractivity contribution is 7.94. The lowest BCUT2D eigenvalue weighted by molar-refractivity contribution is 0.478. The van der Waals surface area contributed by atoms with Crippen molar-refractivity contribution >= 4 is 38.6 Å². The maximum atomic E-state index is 11.9. The Bertz CT molecular complexity index is 623. The van der Waals surface area contributed by atoms with Gasteiger partial charge in [-0.2, -0.15) is 0 Å². The van der Waals surface area contributed by atoms with Gasteiger partial charge in [0.15, 0.2) is 5.75 Å². The van der Waals surface area contributed by atoms with Gasteiger partial charge in [-0.3, -0.25) is 4.72 Å². The Hall–Kier alpha value is -1.24. The monoisotopic (exact) mass is 289 g/mol. The summed E-state index contributed by atoms with van der Waals surface area (Å²) < 4.78 is 26.2. The zero-order chi connectivity index (χ0) is 12.5. The minimum Gasteiger partial charge on any atom is -0.504 e. The predicted molar refractivity (Wildman–Crippen MR) is 68.2 cm³/mol. The van der Waals surface area contributed by atoms with E-state index in [0.29, 0.717) is 0 Å². The van der Waals surface area contributed by atoms with Crippen molar-refractivity contribution in [2.24, 2.45) is 0 Å². The van der Waals surface area contributed by atoms with E-state index in [1.165, 1.54) is 18.2 Å². The summed E-state index contributed by atoms with van der Waals surface area (Å²) in [5.41, 5.74) is 0.0610. The number of hydrogen-bond acceptors (Lipinski definition) is 4. The van der Waals surface area contributed by atoms with Crippen LogP contribution in [0, 0.1) is 0 Å². The molecule has 0 aliphatic carbocycles. The molecular formula is C10H8ClNO3S2. The minimum atomic E-state index is -3.66. The molecule has 0 atom stereocenters. The number of nitrogens with one attached hydrogen (secondary N) is 1. The molecule has 0 bridgehead atoms. The van der Waals surface area contributed by atoms with Gasteiger partial charge in [0.2, 0.25) is 0 Å². The van der Waals surface area contributed by atoms with Gasteiger partial charge in [-0.25, -0.2) is 8.42 Å². The normalized spacial score (nSPS) is 11.4. The highest BCUT2D eigenvalue weighted by Gasteiger charge is 2.17. The molecule has 0 aliphatic heterocycles. The topological polar surface area (TPSA) is 66.4 Å². The van der Waals surface area contributed by atoms with Gasteiger partial charge >= 0.3 is 0 Å². The number of phenols is 1. The van der Waals surface area contributed by atoms with E-state index < -0.39 is 10.0 Å². The second-order valence-electron chi connectivity index (χ2n) is 3.17. The molecule has 2 N–H and O–H groups in total. The fraction of sp³-hybridized carbons (Fsp3) is 0. The minimum absolute atomic E-state index is 0.0610. The molecule has 4 nitrogen and oxygen atoms in total. The highest BCUT2D eigenvalue weighted by atomic mass is 35.5. The van der Waals surface area contributed by atoms with Gasteiger partial charge in [-0.15, -0.1) is 11.3 Å². The summed E-state index contributed by atoms with van der Waals surface area (Å²) in [6, 6.07) is 7.58. The van der Waals surface area contributed by atoms with Crippen molar-refractivity contribution in [3.05, 3.63) is 40.7 Å². The van der Waals surface area contributed by atoms with E-state index in [1.807, 2.05) is 0 Å². The number of benzene rings is 1. The summed E-state index contributed by atoms with van der Waals surface area (Å²) in [4.78, 5) is 0. The molecule has 90 valence electrons. The van der Waals surface area contributed by atoms with E-state index in [1.54, 1.807) is 17.5 Å². The van der Waals surface area contributed by atoms with Gasteiger partial charge in [0, 0.05) is 0 Å². The zero-order valence-corrected chi connectivity index (χ0v) is 10.8. The number of rotatable bonds is 3. The number of para-hydroxylation sites is 1. The third kappa shape index (κ3) is 2.54. The lowest BCUT2D eigenvalue weighted by Crippen LogP contribution is -2.11. The Kier molecular flexibility index (Phi) is 3.28. The molecule has 1 heterocycles. The van der Waals surface area contributed by atoms with E-state index in [-0.39, 0.29) is 20.7 Å². The maximum Gasteiger partial charge on any atom is 0.271 e. The van der Waals surface area contributed by atoms with Crippen LogP contribution in [0.1, 0.15) is 0 Å². The molecule has 1 aromatic carbocycles. The Balaban J connectivity index is 2.37. The predicted octanol–water partition coefficient (Wildman–Crippen LogP) is 2.91. The van der Waals surface area contributed by atoms with E-state index in [0.717, 1.165) is 11.3 Å². The summed E-state index contributed by atoms with van der Waals surface area (Å²) >= 11 is 6.78. The number of thiophene rings is 1. The number of halogens is 1. The van der Waals surface area contributed by atoms with Crippen LogP contribution in [0.4, 0.5) is 5.69 Å².